The maximum atomic E-state index is 11.5. The van der Waals surface area contributed by atoms with Crippen LogP contribution in [0.25, 0.3) is 6.08 Å². The molecule has 0 spiro atoms. The highest BCUT2D eigenvalue weighted by molar-refractivity contribution is 5.74. The number of amides is 1. The zero-order chi connectivity index (χ0) is 16.1. The molecule has 22 heavy (non-hydrogen) atoms. The summed E-state index contributed by atoms with van der Waals surface area (Å²) in [5, 5.41) is 0. The molecule has 2 rings (SSSR count). The molecule has 1 fully saturated rings. The van der Waals surface area contributed by atoms with Crippen LogP contribution in [0, 0.1) is 0 Å². The number of rotatable bonds is 4. The Morgan fingerprint density at radius 3 is 2.68 bits per heavy atom. The molecule has 5 nitrogen and oxygen atoms in total. The Labute approximate surface area is 130 Å². The van der Waals surface area contributed by atoms with Crippen molar-refractivity contribution in [3.63, 3.8) is 0 Å². The number of carbonyl (C=O) groups excluding carboxylic acids is 2. The van der Waals surface area contributed by atoms with Crippen molar-refractivity contribution >= 4 is 18.0 Å². The first kappa shape index (κ1) is 16.1. The second-order valence-electron chi connectivity index (χ2n) is 5.29. The van der Waals surface area contributed by atoms with Crippen LogP contribution in [0.2, 0.25) is 0 Å². The average molecular weight is 303 g/mol. The van der Waals surface area contributed by atoms with Crippen molar-refractivity contribution < 1.29 is 19.1 Å². The van der Waals surface area contributed by atoms with E-state index in [9.17, 15) is 9.59 Å². The standard InChI is InChI=1S/C17H21NO4/c1-12(19)18-10-4-5-15(18)8-6-14-7-9-16(22-13(2)20)17(11-14)21-3/h6-9,11,15H,4-5,10H2,1-3H3/b8-6+/t15-/m0/s1. The highest BCUT2D eigenvalue weighted by Crippen LogP contribution is 2.29. The summed E-state index contributed by atoms with van der Waals surface area (Å²) < 4.78 is 10.3. The van der Waals surface area contributed by atoms with Gasteiger partial charge in [-0.05, 0) is 30.5 Å². The number of carbonyl (C=O) groups is 2. The van der Waals surface area contributed by atoms with Gasteiger partial charge in [0.25, 0.3) is 0 Å². The molecule has 5 heteroatoms. The van der Waals surface area contributed by atoms with Crippen LogP contribution in [0.3, 0.4) is 0 Å². The topological polar surface area (TPSA) is 55.8 Å². The first-order chi connectivity index (χ1) is 10.5. The van der Waals surface area contributed by atoms with E-state index in [1.807, 2.05) is 29.2 Å². The molecule has 1 aliphatic heterocycles. The highest BCUT2D eigenvalue weighted by Gasteiger charge is 2.23. The number of methoxy groups -OCH3 is 1. The minimum atomic E-state index is -0.385. The van der Waals surface area contributed by atoms with E-state index in [0.717, 1.165) is 24.9 Å². The van der Waals surface area contributed by atoms with Gasteiger partial charge in [-0.25, -0.2) is 0 Å². The Balaban J connectivity index is 2.14. The molecule has 0 unspecified atom stereocenters. The Morgan fingerprint density at radius 1 is 1.27 bits per heavy atom. The van der Waals surface area contributed by atoms with E-state index >= 15 is 0 Å². The normalized spacial score (nSPS) is 17.8. The summed E-state index contributed by atoms with van der Waals surface area (Å²) in [6.45, 7) is 3.77. The molecule has 1 aromatic rings. The molecule has 1 aliphatic rings. The fourth-order valence-corrected chi connectivity index (χ4v) is 2.63. The second-order valence-corrected chi connectivity index (χ2v) is 5.29. The molecule has 1 atom stereocenters. The largest absolute Gasteiger partial charge is 0.493 e. The van der Waals surface area contributed by atoms with Gasteiger partial charge in [0.15, 0.2) is 11.5 Å². The smallest absolute Gasteiger partial charge is 0.308 e. The fraction of sp³-hybridized carbons (Fsp3) is 0.412. The van der Waals surface area contributed by atoms with Gasteiger partial charge in [0, 0.05) is 20.4 Å². The lowest BCUT2D eigenvalue weighted by atomic mass is 10.1. The van der Waals surface area contributed by atoms with Gasteiger partial charge in [-0.1, -0.05) is 18.2 Å². The average Bonchev–Trinajstić information content (AvgIpc) is 2.94. The van der Waals surface area contributed by atoms with Gasteiger partial charge >= 0.3 is 5.97 Å². The summed E-state index contributed by atoms with van der Waals surface area (Å²) in [6.07, 6.45) is 6.02. The molecular weight excluding hydrogens is 282 g/mol. The van der Waals surface area contributed by atoms with Gasteiger partial charge in [0.05, 0.1) is 13.2 Å². The van der Waals surface area contributed by atoms with Crippen LogP contribution in [0.4, 0.5) is 0 Å². The van der Waals surface area contributed by atoms with Crippen LogP contribution < -0.4 is 9.47 Å². The SMILES string of the molecule is COc1cc(/C=C/[C@@H]2CCCN2C(C)=O)ccc1OC(C)=O. The monoisotopic (exact) mass is 303 g/mol. The van der Waals surface area contributed by atoms with Crippen molar-refractivity contribution in [1.82, 2.24) is 4.90 Å². The number of hydrogen-bond donors (Lipinski definition) is 0. The van der Waals surface area contributed by atoms with E-state index in [4.69, 9.17) is 9.47 Å². The quantitative estimate of drug-likeness (QED) is 0.634. The second kappa shape index (κ2) is 7.11. The van der Waals surface area contributed by atoms with Crippen LogP contribution >= 0.6 is 0 Å². The third-order valence-corrected chi connectivity index (χ3v) is 3.66. The summed E-state index contributed by atoms with van der Waals surface area (Å²) in [5.74, 6) is 0.630. The van der Waals surface area contributed by atoms with Crippen molar-refractivity contribution in [1.29, 1.82) is 0 Å². The van der Waals surface area contributed by atoms with Gasteiger partial charge in [-0.3, -0.25) is 9.59 Å². The maximum Gasteiger partial charge on any atom is 0.308 e. The molecule has 0 aliphatic carbocycles. The van der Waals surface area contributed by atoms with E-state index in [1.165, 1.54) is 14.0 Å². The third kappa shape index (κ3) is 3.87. The zero-order valence-electron chi connectivity index (χ0n) is 13.2. The van der Waals surface area contributed by atoms with E-state index in [0.29, 0.717) is 11.5 Å². The molecular formula is C17H21NO4. The molecule has 1 amide bonds. The number of ether oxygens (including phenoxy) is 2. The van der Waals surface area contributed by atoms with Crippen LogP contribution in [0.1, 0.15) is 32.3 Å². The number of esters is 1. The van der Waals surface area contributed by atoms with Crippen LogP contribution in [-0.2, 0) is 9.59 Å². The molecule has 0 aromatic heterocycles. The van der Waals surface area contributed by atoms with Crippen LogP contribution in [-0.4, -0.2) is 36.5 Å². The lowest BCUT2D eigenvalue weighted by molar-refractivity contribution is -0.132. The number of nitrogens with zero attached hydrogens (tertiary/aromatic N) is 1. The van der Waals surface area contributed by atoms with E-state index in [-0.39, 0.29) is 17.9 Å². The summed E-state index contributed by atoms with van der Waals surface area (Å²) in [6, 6.07) is 5.51. The molecule has 0 saturated carbocycles. The lowest BCUT2D eigenvalue weighted by Crippen LogP contribution is -2.32. The molecule has 0 radical (unpaired) electrons. The maximum absolute atomic E-state index is 11.5. The Morgan fingerprint density at radius 2 is 2.05 bits per heavy atom. The van der Waals surface area contributed by atoms with Gasteiger partial charge < -0.3 is 14.4 Å². The van der Waals surface area contributed by atoms with Crippen molar-refractivity contribution in [3.05, 3.63) is 29.8 Å². The summed E-state index contributed by atoms with van der Waals surface area (Å²) in [7, 11) is 1.53. The number of hydrogen-bond acceptors (Lipinski definition) is 4. The zero-order valence-corrected chi connectivity index (χ0v) is 13.2. The van der Waals surface area contributed by atoms with Gasteiger partial charge in [-0.15, -0.1) is 0 Å². The van der Waals surface area contributed by atoms with Crippen molar-refractivity contribution in [3.8, 4) is 11.5 Å². The Bertz CT molecular complexity index is 594. The van der Waals surface area contributed by atoms with E-state index in [1.54, 1.807) is 13.0 Å². The Hall–Kier alpha value is -2.30. The predicted octanol–water partition coefficient (Wildman–Crippen LogP) is 2.64. The van der Waals surface area contributed by atoms with Gasteiger partial charge in [0.1, 0.15) is 0 Å². The molecule has 0 bridgehead atoms. The van der Waals surface area contributed by atoms with Crippen LogP contribution in [0.15, 0.2) is 24.3 Å². The van der Waals surface area contributed by atoms with E-state index < -0.39 is 0 Å². The molecule has 0 N–H and O–H groups in total. The Kier molecular flexibility index (Phi) is 5.20. The number of likely N-dealkylation sites (tertiary alicyclic amines) is 1. The first-order valence-corrected chi connectivity index (χ1v) is 7.33. The highest BCUT2D eigenvalue weighted by atomic mass is 16.6. The molecule has 1 aromatic carbocycles. The van der Waals surface area contributed by atoms with Crippen molar-refractivity contribution in [2.75, 3.05) is 13.7 Å². The van der Waals surface area contributed by atoms with E-state index in [2.05, 4.69) is 0 Å². The summed E-state index contributed by atoms with van der Waals surface area (Å²) >= 11 is 0. The summed E-state index contributed by atoms with van der Waals surface area (Å²) in [5.41, 5.74) is 0.933. The van der Waals surface area contributed by atoms with Crippen molar-refractivity contribution in [2.24, 2.45) is 0 Å². The van der Waals surface area contributed by atoms with Crippen molar-refractivity contribution in [2.45, 2.75) is 32.7 Å². The molecule has 1 saturated heterocycles. The van der Waals surface area contributed by atoms with Crippen LogP contribution in [0.5, 0.6) is 11.5 Å². The lowest BCUT2D eigenvalue weighted by Gasteiger charge is -2.20. The predicted molar refractivity (Wildman–Crippen MR) is 83.7 cm³/mol. The first-order valence-electron chi connectivity index (χ1n) is 7.33. The minimum Gasteiger partial charge on any atom is -0.493 e. The molecule has 118 valence electrons. The fourth-order valence-electron chi connectivity index (χ4n) is 2.63. The summed E-state index contributed by atoms with van der Waals surface area (Å²) in [4.78, 5) is 24.5. The van der Waals surface area contributed by atoms with Gasteiger partial charge in [-0.2, -0.15) is 0 Å². The molecule has 1 heterocycles. The van der Waals surface area contributed by atoms with Gasteiger partial charge in [0.2, 0.25) is 5.91 Å². The third-order valence-electron chi connectivity index (χ3n) is 3.66. The number of benzene rings is 1. The minimum absolute atomic E-state index is 0.106.